The SMILES string of the molecule is C.CCC.CCC(C)=O.[B]. The Hall–Kier alpha value is -0.265. The lowest BCUT2D eigenvalue weighted by atomic mass is 10.4. The quantitative estimate of drug-likeness (QED) is 0.515. The van der Waals surface area contributed by atoms with Gasteiger partial charge in [0.25, 0.3) is 0 Å². The molecule has 0 fully saturated rings. The van der Waals surface area contributed by atoms with E-state index in [0.29, 0.717) is 6.42 Å². The van der Waals surface area contributed by atoms with Crippen molar-refractivity contribution in [2.24, 2.45) is 0 Å². The first-order valence-corrected chi connectivity index (χ1v) is 3.18. The summed E-state index contributed by atoms with van der Waals surface area (Å²) in [6, 6.07) is 0. The van der Waals surface area contributed by atoms with E-state index in [1.807, 2.05) is 6.92 Å². The predicted molar refractivity (Wildman–Crippen MR) is 49.4 cm³/mol. The normalized spacial score (nSPS) is 5.60. The zero-order chi connectivity index (χ0) is 6.99. The highest BCUT2D eigenvalue weighted by molar-refractivity contribution is 5.75. The minimum Gasteiger partial charge on any atom is -0.300 e. The Kier molecular flexibility index (Phi) is 52.6. The van der Waals surface area contributed by atoms with Gasteiger partial charge in [0.05, 0.1) is 0 Å². The Morgan fingerprint density at radius 1 is 1.20 bits per heavy atom. The van der Waals surface area contributed by atoms with Gasteiger partial charge in [-0.1, -0.05) is 34.6 Å². The molecule has 0 aromatic heterocycles. The predicted octanol–water partition coefficient (Wildman–Crippen LogP) is 2.66. The number of carbonyl (C=O) groups is 1. The van der Waals surface area contributed by atoms with Crippen LogP contribution in [0.5, 0.6) is 0 Å². The minimum atomic E-state index is 0. The second-order valence-corrected chi connectivity index (χ2v) is 1.76. The summed E-state index contributed by atoms with van der Waals surface area (Å²) in [5, 5.41) is 0. The van der Waals surface area contributed by atoms with Crippen LogP contribution in [0.15, 0.2) is 0 Å². The molecule has 0 atom stereocenters. The van der Waals surface area contributed by atoms with Gasteiger partial charge in [-0.05, 0) is 6.92 Å². The molecule has 61 valence electrons. The zero-order valence-corrected chi connectivity index (χ0v) is 6.90. The van der Waals surface area contributed by atoms with E-state index >= 15 is 0 Å². The molecule has 0 rings (SSSR count). The van der Waals surface area contributed by atoms with Crippen LogP contribution in [0, 0.1) is 0 Å². The molecule has 0 N–H and O–H groups in total. The van der Waals surface area contributed by atoms with Crippen molar-refractivity contribution in [2.45, 2.75) is 48.0 Å². The Bertz CT molecular complexity index is 53.2. The molecule has 0 aliphatic heterocycles. The minimum absolute atomic E-state index is 0. The highest BCUT2D eigenvalue weighted by atomic mass is 16.1. The highest BCUT2D eigenvalue weighted by Gasteiger charge is 1.76. The van der Waals surface area contributed by atoms with Crippen molar-refractivity contribution >= 4 is 14.2 Å². The van der Waals surface area contributed by atoms with E-state index in [1.165, 1.54) is 6.42 Å². The van der Waals surface area contributed by atoms with Gasteiger partial charge >= 0.3 is 0 Å². The molecule has 0 aliphatic carbocycles. The fraction of sp³-hybridized carbons (Fsp3) is 0.875. The fourth-order valence-corrected chi connectivity index (χ4v) is 0. The van der Waals surface area contributed by atoms with Crippen LogP contribution in [0.4, 0.5) is 0 Å². The van der Waals surface area contributed by atoms with E-state index in [4.69, 9.17) is 0 Å². The van der Waals surface area contributed by atoms with Gasteiger partial charge in [-0.3, -0.25) is 0 Å². The molecule has 0 aromatic rings. The third-order valence-corrected chi connectivity index (χ3v) is 0.498. The summed E-state index contributed by atoms with van der Waals surface area (Å²) in [6.07, 6.45) is 1.92. The largest absolute Gasteiger partial charge is 0.300 e. The molecule has 3 radical (unpaired) electrons. The maximum Gasteiger partial charge on any atom is 0.129 e. The standard InChI is InChI=1S/C4H8O.C3H8.CH4.B/c1-3-4(2)5;1-3-2;;/h3H2,1-2H3;3H2,1-2H3;1H4;. The van der Waals surface area contributed by atoms with E-state index in [9.17, 15) is 4.79 Å². The second kappa shape index (κ2) is 23.3. The molecule has 0 spiro atoms. The molecule has 2 heteroatoms. The molecular weight excluding hydrogens is 123 g/mol. The Labute approximate surface area is 67.8 Å². The van der Waals surface area contributed by atoms with Gasteiger partial charge < -0.3 is 4.79 Å². The molecule has 0 aliphatic rings. The molecule has 0 aromatic carbocycles. The zero-order valence-electron chi connectivity index (χ0n) is 6.90. The first kappa shape index (κ1) is 22.6. The van der Waals surface area contributed by atoms with Gasteiger partial charge in [-0.15, -0.1) is 0 Å². The van der Waals surface area contributed by atoms with Gasteiger partial charge in [0.15, 0.2) is 0 Å². The molecule has 1 nitrogen and oxygen atoms in total. The van der Waals surface area contributed by atoms with Crippen LogP contribution in [-0.2, 0) is 4.79 Å². The van der Waals surface area contributed by atoms with Crippen molar-refractivity contribution in [1.29, 1.82) is 0 Å². The lowest BCUT2D eigenvalue weighted by Crippen LogP contribution is -1.80. The number of hydrogen-bond acceptors (Lipinski definition) is 1. The van der Waals surface area contributed by atoms with E-state index < -0.39 is 0 Å². The van der Waals surface area contributed by atoms with Crippen LogP contribution in [0.1, 0.15) is 48.0 Å². The Balaban J connectivity index is -0.0000000326. The lowest BCUT2D eigenvalue weighted by Gasteiger charge is -1.71. The number of Topliss-reactive ketones (excluding diaryl/α,β-unsaturated/α-hetero) is 1. The van der Waals surface area contributed by atoms with Crippen LogP contribution < -0.4 is 0 Å². The van der Waals surface area contributed by atoms with Crippen molar-refractivity contribution in [3.8, 4) is 0 Å². The molecular formula is C8H20BO. The van der Waals surface area contributed by atoms with Gasteiger partial charge in [0, 0.05) is 14.8 Å². The number of rotatable bonds is 1. The Morgan fingerprint density at radius 3 is 1.30 bits per heavy atom. The van der Waals surface area contributed by atoms with Crippen LogP contribution in [0.2, 0.25) is 0 Å². The molecule has 0 saturated carbocycles. The molecule has 0 unspecified atom stereocenters. The van der Waals surface area contributed by atoms with Crippen molar-refractivity contribution < 1.29 is 4.79 Å². The smallest absolute Gasteiger partial charge is 0.129 e. The first-order valence-electron chi connectivity index (χ1n) is 3.18. The Morgan fingerprint density at radius 2 is 1.30 bits per heavy atom. The lowest BCUT2D eigenvalue weighted by molar-refractivity contribution is -0.116. The molecule has 0 saturated heterocycles. The van der Waals surface area contributed by atoms with Crippen LogP contribution >= 0.6 is 0 Å². The van der Waals surface area contributed by atoms with Crippen molar-refractivity contribution in [3.63, 3.8) is 0 Å². The highest BCUT2D eigenvalue weighted by Crippen LogP contribution is 1.71. The number of carbonyl (C=O) groups excluding carboxylic acids is 1. The molecule has 0 bridgehead atoms. The van der Waals surface area contributed by atoms with Crippen LogP contribution in [0.3, 0.4) is 0 Å². The second-order valence-electron chi connectivity index (χ2n) is 1.76. The van der Waals surface area contributed by atoms with E-state index in [-0.39, 0.29) is 21.6 Å². The molecule has 0 heterocycles. The van der Waals surface area contributed by atoms with Crippen molar-refractivity contribution in [1.82, 2.24) is 0 Å². The van der Waals surface area contributed by atoms with E-state index in [1.54, 1.807) is 6.92 Å². The van der Waals surface area contributed by atoms with Gasteiger partial charge in [0.1, 0.15) is 5.78 Å². The molecule has 10 heavy (non-hydrogen) atoms. The maximum atomic E-state index is 9.81. The molecule has 0 amide bonds. The summed E-state index contributed by atoms with van der Waals surface area (Å²) in [7, 11) is 0. The summed E-state index contributed by atoms with van der Waals surface area (Å²) < 4.78 is 0. The van der Waals surface area contributed by atoms with Gasteiger partial charge in [-0.25, -0.2) is 0 Å². The monoisotopic (exact) mass is 143 g/mol. The van der Waals surface area contributed by atoms with Crippen molar-refractivity contribution in [3.05, 3.63) is 0 Å². The number of hydrogen-bond donors (Lipinski definition) is 0. The van der Waals surface area contributed by atoms with Crippen LogP contribution in [0.25, 0.3) is 0 Å². The van der Waals surface area contributed by atoms with Gasteiger partial charge in [-0.2, -0.15) is 0 Å². The summed E-state index contributed by atoms with van der Waals surface area (Å²) in [6.45, 7) is 7.68. The first-order chi connectivity index (χ1) is 3.68. The van der Waals surface area contributed by atoms with E-state index in [2.05, 4.69) is 13.8 Å². The fourth-order valence-electron chi connectivity index (χ4n) is 0. The summed E-state index contributed by atoms with van der Waals surface area (Å²) in [5.74, 6) is 0.255. The maximum absolute atomic E-state index is 9.81. The average Bonchev–Trinajstić information content (AvgIpc) is 1.69. The topological polar surface area (TPSA) is 17.1 Å². The number of ketones is 1. The van der Waals surface area contributed by atoms with Crippen LogP contribution in [-0.4, -0.2) is 14.2 Å². The average molecular weight is 143 g/mol. The van der Waals surface area contributed by atoms with E-state index in [0.717, 1.165) is 0 Å². The third-order valence-electron chi connectivity index (χ3n) is 0.498. The summed E-state index contributed by atoms with van der Waals surface area (Å²) >= 11 is 0. The summed E-state index contributed by atoms with van der Waals surface area (Å²) in [4.78, 5) is 9.81. The van der Waals surface area contributed by atoms with Crippen molar-refractivity contribution in [2.75, 3.05) is 0 Å². The third kappa shape index (κ3) is 117. The van der Waals surface area contributed by atoms with Gasteiger partial charge in [0.2, 0.25) is 0 Å². The summed E-state index contributed by atoms with van der Waals surface area (Å²) in [5.41, 5.74) is 0.